The van der Waals surface area contributed by atoms with Gasteiger partial charge in [0.1, 0.15) is 11.1 Å². The van der Waals surface area contributed by atoms with Crippen LogP contribution in [0.4, 0.5) is 18.0 Å². The van der Waals surface area contributed by atoms with Crippen molar-refractivity contribution in [3.05, 3.63) is 70.8 Å². The quantitative estimate of drug-likeness (QED) is 0.364. The molecule has 0 radical (unpaired) electrons. The Labute approximate surface area is 239 Å². The maximum absolute atomic E-state index is 13.4. The Morgan fingerprint density at radius 2 is 1.76 bits per heavy atom. The van der Waals surface area contributed by atoms with E-state index in [2.05, 4.69) is 16.0 Å². The smallest absolute Gasteiger partial charge is 0.416 e. The van der Waals surface area contributed by atoms with Crippen LogP contribution in [-0.2, 0) is 26.0 Å². The summed E-state index contributed by atoms with van der Waals surface area (Å²) >= 11 is 0. The zero-order chi connectivity index (χ0) is 30.1. The Morgan fingerprint density at radius 1 is 1.07 bits per heavy atom. The van der Waals surface area contributed by atoms with Crippen molar-refractivity contribution in [2.75, 3.05) is 13.2 Å². The molecule has 7 nitrogen and oxygen atoms in total. The Kier molecular flexibility index (Phi) is 8.76. The number of ether oxygens (including phenoxy) is 2. The molecule has 2 aliphatic rings. The lowest BCUT2D eigenvalue weighted by Crippen LogP contribution is -2.59. The molecule has 0 unspecified atom stereocenters. The van der Waals surface area contributed by atoms with Crippen molar-refractivity contribution in [1.29, 1.82) is 0 Å². The van der Waals surface area contributed by atoms with Gasteiger partial charge in [-0.25, -0.2) is 4.79 Å². The number of carbonyl (C=O) groups excluding carboxylic acids is 2. The molecule has 1 aliphatic heterocycles. The summed E-state index contributed by atoms with van der Waals surface area (Å²) in [5.74, 6) is -0.229. The van der Waals surface area contributed by atoms with E-state index in [4.69, 9.17) is 9.47 Å². The highest BCUT2D eigenvalue weighted by Crippen LogP contribution is 2.38. The molecular weight excluding hydrogens is 535 g/mol. The fourth-order valence-corrected chi connectivity index (χ4v) is 5.19. The number of alkyl halides is 3. The summed E-state index contributed by atoms with van der Waals surface area (Å²) in [6, 6.07) is 13.6. The molecule has 3 atom stereocenters. The van der Waals surface area contributed by atoms with Crippen LogP contribution in [0.15, 0.2) is 48.5 Å². The number of halogens is 3. The number of carbonyl (C=O) groups is 2. The number of benzene rings is 2. The number of aryl methyl sites for hydroxylation is 1. The number of alkyl carbamates (subject to hydrolysis) is 1. The van der Waals surface area contributed by atoms with Crippen molar-refractivity contribution >= 4 is 12.0 Å². The van der Waals surface area contributed by atoms with Crippen LogP contribution in [0.5, 0.6) is 0 Å². The highest BCUT2D eigenvalue weighted by atomic mass is 19.4. The number of piperidine rings is 1. The Balaban J connectivity index is 1.41. The first-order chi connectivity index (χ1) is 19.1. The molecular formula is C31H40F3N3O4. The highest BCUT2D eigenvalue weighted by Gasteiger charge is 2.52. The van der Waals surface area contributed by atoms with Crippen LogP contribution in [0.25, 0.3) is 0 Å². The predicted molar refractivity (Wildman–Crippen MR) is 149 cm³/mol. The van der Waals surface area contributed by atoms with Gasteiger partial charge in [-0.2, -0.15) is 13.2 Å². The third kappa shape index (κ3) is 7.80. The summed E-state index contributed by atoms with van der Waals surface area (Å²) in [5, 5.41) is 9.38. The van der Waals surface area contributed by atoms with E-state index in [1.807, 2.05) is 30.3 Å². The van der Waals surface area contributed by atoms with Gasteiger partial charge < -0.3 is 25.4 Å². The van der Waals surface area contributed by atoms with E-state index >= 15 is 0 Å². The van der Waals surface area contributed by atoms with Crippen LogP contribution in [-0.4, -0.2) is 42.3 Å². The molecule has 1 heterocycles. The molecule has 0 spiro atoms. The van der Waals surface area contributed by atoms with Gasteiger partial charge in [-0.05, 0) is 83.6 Å². The van der Waals surface area contributed by atoms with Gasteiger partial charge in [0.15, 0.2) is 0 Å². The second-order valence-electron chi connectivity index (χ2n) is 12.3. The molecule has 224 valence electrons. The average molecular weight is 576 g/mol. The van der Waals surface area contributed by atoms with Gasteiger partial charge >= 0.3 is 12.3 Å². The highest BCUT2D eigenvalue weighted by molar-refractivity contribution is 5.93. The van der Waals surface area contributed by atoms with Crippen LogP contribution in [0.2, 0.25) is 0 Å². The van der Waals surface area contributed by atoms with E-state index in [1.54, 1.807) is 40.7 Å². The Bertz CT molecular complexity index is 1230. The number of hydrogen-bond donors (Lipinski definition) is 3. The van der Waals surface area contributed by atoms with E-state index in [-0.39, 0.29) is 18.6 Å². The fourth-order valence-electron chi connectivity index (χ4n) is 5.19. The van der Waals surface area contributed by atoms with Gasteiger partial charge in [-0.15, -0.1) is 0 Å². The van der Waals surface area contributed by atoms with Crippen molar-refractivity contribution in [3.8, 4) is 0 Å². The molecule has 2 aromatic carbocycles. The first kappa shape index (κ1) is 30.8. The Morgan fingerprint density at radius 3 is 2.32 bits per heavy atom. The topological polar surface area (TPSA) is 88.7 Å². The molecule has 4 rings (SSSR count). The summed E-state index contributed by atoms with van der Waals surface area (Å²) < 4.78 is 51.7. The Hall–Kier alpha value is -3.11. The zero-order valence-corrected chi connectivity index (χ0v) is 24.3. The summed E-state index contributed by atoms with van der Waals surface area (Å²) in [5.41, 5.74) is -0.894. The maximum Gasteiger partial charge on any atom is 0.416 e. The first-order valence-corrected chi connectivity index (χ1v) is 14.0. The van der Waals surface area contributed by atoms with Gasteiger partial charge in [0, 0.05) is 12.6 Å². The van der Waals surface area contributed by atoms with Gasteiger partial charge in [0.05, 0.1) is 23.8 Å². The van der Waals surface area contributed by atoms with Gasteiger partial charge in [-0.3, -0.25) is 4.79 Å². The van der Waals surface area contributed by atoms with Crippen molar-refractivity contribution in [2.45, 2.75) is 95.3 Å². The van der Waals surface area contributed by atoms with E-state index in [9.17, 15) is 22.8 Å². The number of rotatable bonds is 8. The minimum atomic E-state index is -4.43. The molecule has 0 aromatic heterocycles. The molecule has 2 fully saturated rings. The third-order valence-electron chi connectivity index (χ3n) is 7.67. The average Bonchev–Trinajstić information content (AvgIpc) is 3.67. The van der Waals surface area contributed by atoms with Crippen LogP contribution in [0, 0.1) is 6.92 Å². The van der Waals surface area contributed by atoms with E-state index in [0.717, 1.165) is 17.7 Å². The number of nitrogens with one attached hydrogen (secondary N) is 3. The summed E-state index contributed by atoms with van der Waals surface area (Å²) in [6.45, 7) is 9.40. The third-order valence-corrected chi connectivity index (χ3v) is 7.67. The van der Waals surface area contributed by atoms with Gasteiger partial charge in [0.2, 0.25) is 5.91 Å². The summed E-state index contributed by atoms with van der Waals surface area (Å²) in [4.78, 5) is 25.4. The largest absolute Gasteiger partial charge is 0.444 e. The van der Waals surface area contributed by atoms with Crippen LogP contribution in [0.3, 0.4) is 0 Å². The monoisotopic (exact) mass is 575 g/mol. The van der Waals surface area contributed by atoms with Crippen LogP contribution in [0.1, 0.15) is 81.7 Å². The number of amides is 2. The minimum absolute atomic E-state index is 0.166. The SMILES string of the molecule is Cc1cc([C@@H](C)OC[C@@]2(c3ccccc3)CC[C@H](NC(=O)C3(NC(=O)OC(C)(C)C)CC3)CN2)cc(C(F)(F)F)c1. The standard InChI is InChI=1S/C31H40F3N3O4/c1-20-15-22(17-24(16-20)31(32,33)34)21(2)40-19-30(23-9-7-6-8-10-23)12-11-25(18-35-30)36-26(38)29(13-14-29)37-27(39)41-28(3,4)5/h6-10,15-17,21,25,35H,11-14,18-19H2,1-5H3,(H,36,38)(H,37,39)/t21-,25+,30-/m1/s1. The second kappa shape index (κ2) is 11.6. The minimum Gasteiger partial charge on any atom is -0.444 e. The lowest BCUT2D eigenvalue weighted by molar-refractivity contribution is -0.137. The van der Waals surface area contributed by atoms with E-state index in [1.165, 1.54) is 0 Å². The lowest BCUT2D eigenvalue weighted by atomic mass is 9.81. The molecule has 1 aliphatic carbocycles. The van der Waals surface area contributed by atoms with Crippen molar-refractivity contribution in [1.82, 2.24) is 16.0 Å². The lowest BCUT2D eigenvalue weighted by Gasteiger charge is -2.42. The molecule has 2 aromatic rings. The second-order valence-corrected chi connectivity index (χ2v) is 12.3. The van der Waals surface area contributed by atoms with Gasteiger partial charge in [0.25, 0.3) is 0 Å². The molecule has 2 amide bonds. The maximum atomic E-state index is 13.4. The van der Waals surface area contributed by atoms with Crippen LogP contribution >= 0.6 is 0 Å². The summed E-state index contributed by atoms with van der Waals surface area (Å²) in [7, 11) is 0. The first-order valence-electron chi connectivity index (χ1n) is 14.0. The van der Waals surface area contributed by atoms with Crippen molar-refractivity contribution < 1.29 is 32.2 Å². The predicted octanol–water partition coefficient (Wildman–Crippen LogP) is 5.91. The van der Waals surface area contributed by atoms with E-state index in [0.29, 0.717) is 43.4 Å². The molecule has 3 N–H and O–H groups in total. The van der Waals surface area contributed by atoms with Crippen LogP contribution < -0.4 is 16.0 Å². The molecule has 0 bridgehead atoms. The van der Waals surface area contributed by atoms with E-state index < -0.39 is 40.6 Å². The molecule has 10 heteroatoms. The normalized spacial score (nSPS) is 22.9. The van der Waals surface area contributed by atoms with Crippen molar-refractivity contribution in [3.63, 3.8) is 0 Å². The fraction of sp³-hybridized carbons (Fsp3) is 0.548. The zero-order valence-electron chi connectivity index (χ0n) is 24.3. The molecule has 1 saturated carbocycles. The van der Waals surface area contributed by atoms with Gasteiger partial charge in [-0.1, -0.05) is 42.0 Å². The molecule has 1 saturated heterocycles. The molecule has 41 heavy (non-hydrogen) atoms. The number of hydrogen-bond acceptors (Lipinski definition) is 5. The summed E-state index contributed by atoms with van der Waals surface area (Å²) in [6.07, 6.45) is -3.24. The van der Waals surface area contributed by atoms with Crippen molar-refractivity contribution in [2.24, 2.45) is 0 Å².